The Morgan fingerprint density at radius 2 is 1.78 bits per heavy atom. The van der Waals surface area contributed by atoms with E-state index in [4.69, 9.17) is 18.6 Å². The van der Waals surface area contributed by atoms with E-state index in [1.165, 1.54) is 19.4 Å². The number of rotatable bonds is 13. The smallest absolute Gasteiger partial charge is 0.291 e. The van der Waals surface area contributed by atoms with Crippen molar-refractivity contribution in [3.8, 4) is 23.6 Å². The minimum atomic E-state index is -1.51. The van der Waals surface area contributed by atoms with Crippen molar-refractivity contribution in [2.45, 2.75) is 32.5 Å². The van der Waals surface area contributed by atoms with Crippen molar-refractivity contribution in [3.63, 3.8) is 0 Å². The third-order valence-electron chi connectivity index (χ3n) is 5.34. The van der Waals surface area contributed by atoms with Crippen molar-refractivity contribution in [1.82, 2.24) is 19.9 Å². The van der Waals surface area contributed by atoms with Gasteiger partial charge in [0.25, 0.3) is 5.95 Å². The average molecular weight is 529 g/mol. The Hall–Kier alpha value is -3.64. The number of furan rings is 1. The maximum absolute atomic E-state index is 12.8. The predicted molar refractivity (Wildman–Crippen MR) is 145 cm³/mol. The fourth-order valence-electron chi connectivity index (χ4n) is 3.38. The molecule has 0 saturated heterocycles. The van der Waals surface area contributed by atoms with Crippen LogP contribution in [0, 0.1) is 0 Å². The van der Waals surface area contributed by atoms with Crippen molar-refractivity contribution >= 4 is 30.8 Å². The first-order valence-electron chi connectivity index (χ1n) is 12.0. The molecule has 0 bridgehead atoms. The second kappa shape index (κ2) is 12.5. The highest BCUT2D eigenvalue weighted by Crippen LogP contribution is 2.33. The molecule has 12 heteroatoms. The monoisotopic (exact) mass is 528 g/mol. The third-order valence-corrected chi connectivity index (χ3v) is 7.38. The van der Waals surface area contributed by atoms with Crippen LogP contribution in [0.2, 0.25) is 19.6 Å². The summed E-state index contributed by atoms with van der Waals surface area (Å²) in [5.74, 6) is 1.50. The van der Waals surface area contributed by atoms with Crippen LogP contribution in [0.15, 0.2) is 34.9 Å². The van der Waals surface area contributed by atoms with Gasteiger partial charge in [0.2, 0.25) is 29.5 Å². The molecule has 3 rings (SSSR count). The number of anilines is 2. The Kier molecular flexibility index (Phi) is 9.47. The quantitative estimate of drug-likeness (QED) is 0.252. The molecule has 0 aliphatic heterocycles. The van der Waals surface area contributed by atoms with Gasteiger partial charge in [-0.2, -0.15) is 9.97 Å². The number of hydrogen-bond acceptors (Lipinski definition) is 10. The Morgan fingerprint density at radius 3 is 2.41 bits per heavy atom. The SMILES string of the molecule is COc1nc(NCCCN(C)C)nc(OC)c1NC(=O)Cc1ccc(Oc2cc([Si](C)(C)C)ccn2)o1. The molecule has 0 fully saturated rings. The van der Waals surface area contributed by atoms with E-state index in [1.54, 1.807) is 18.3 Å². The highest BCUT2D eigenvalue weighted by Gasteiger charge is 2.20. The maximum atomic E-state index is 12.8. The Morgan fingerprint density at radius 1 is 1.08 bits per heavy atom. The van der Waals surface area contributed by atoms with Gasteiger partial charge >= 0.3 is 0 Å². The minimum absolute atomic E-state index is 0.0391. The van der Waals surface area contributed by atoms with Gasteiger partial charge in [-0.05, 0) is 39.2 Å². The van der Waals surface area contributed by atoms with Gasteiger partial charge in [0, 0.05) is 24.9 Å². The van der Waals surface area contributed by atoms with E-state index in [2.05, 4.69) is 50.1 Å². The molecule has 11 nitrogen and oxygen atoms in total. The van der Waals surface area contributed by atoms with Gasteiger partial charge in [-0.15, -0.1) is 0 Å². The largest absolute Gasteiger partial charge is 0.479 e. The first-order chi connectivity index (χ1) is 17.6. The fourth-order valence-corrected chi connectivity index (χ4v) is 4.51. The number of nitrogens with one attached hydrogen (secondary N) is 2. The van der Waals surface area contributed by atoms with Crippen molar-refractivity contribution < 1.29 is 23.4 Å². The Labute approximate surface area is 218 Å². The summed E-state index contributed by atoms with van der Waals surface area (Å²) in [5, 5.41) is 7.14. The number of amides is 1. The molecule has 0 aliphatic rings. The molecule has 200 valence electrons. The van der Waals surface area contributed by atoms with E-state index in [1.807, 2.05) is 26.2 Å². The lowest BCUT2D eigenvalue weighted by Crippen LogP contribution is -2.37. The molecule has 0 unspecified atom stereocenters. The van der Waals surface area contributed by atoms with Crippen LogP contribution in [0.5, 0.6) is 23.6 Å². The molecular formula is C25H36N6O5Si. The number of methoxy groups -OCH3 is 2. The Balaban J connectivity index is 1.64. The second-order valence-corrected chi connectivity index (χ2v) is 14.8. The number of hydrogen-bond donors (Lipinski definition) is 2. The minimum Gasteiger partial charge on any atom is -0.479 e. The van der Waals surface area contributed by atoms with Crippen LogP contribution in [-0.4, -0.2) is 75.2 Å². The van der Waals surface area contributed by atoms with Gasteiger partial charge in [0.05, 0.1) is 28.7 Å². The van der Waals surface area contributed by atoms with E-state index in [9.17, 15) is 4.79 Å². The highest BCUT2D eigenvalue weighted by atomic mass is 28.3. The number of aromatic nitrogens is 3. The lowest BCUT2D eigenvalue weighted by molar-refractivity contribution is -0.115. The summed E-state index contributed by atoms with van der Waals surface area (Å²) in [4.78, 5) is 27.9. The maximum Gasteiger partial charge on any atom is 0.291 e. The highest BCUT2D eigenvalue weighted by molar-refractivity contribution is 6.88. The van der Waals surface area contributed by atoms with E-state index < -0.39 is 8.07 Å². The fraction of sp³-hybridized carbons (Fsp3) is 0.440. The van der Waals surface area contributed by atoms with Crippen molar-refractivity contribution in [1.29, 1.82) is 0 Å². The van der Waals surface area contributed by atoms with E-state index in [0.717, 1.165) is 13.0 Å². The van der Waals surface area contributed by atoms with Gasteiger partial charge in [-0.3, -0.25) is 4.79 Å². The molecular weight excluding hydrogens is 492 g/mol. The summed E-state index contributed by atoms with van der Waals surface area (Å²) in [6.45, 7) is 8.36. The summed E-state index contributed by atoms with van der Waals surface area (Å²) >= 11 is 0. The van der Waals surface area contributed by atoms with Crippen molar-refractivity contribution in [2.24, 2.45) is 0 Å². The normalized spacial score (nSPS) is 11.4. The number of nitrogens with zero attached hydrogens (tertiary/aromatic N) is 4. The molecule has 0 aliphatic carbocycles. The van der Waals surface area contributed by atoms with Crippen LogP contribution in [0.1, 0.15) is 12.2 Å². The van der Waals surface area contributed by atoms with Gasteiger partial charge in [0.1, 0.15) is 5.76 Å². The zero-order chi connectivity index (χ0) is 27.0. The van der Waals surface area contributed by atoms with E-state index in [0.29, 0.717) is 24.1 Å². The second-order valence-electron chi connectivity index (χ2n) is 9.70. The molecule has 37 heavy (non-hydrogen) atoms. The van der Waals surface area contributed by atoms with Gasteiger partial charge in [-0.25, -0.2) is 4.98 Å². The lowest BCUT2D eigenvalue weighted by Gasteiger charge is -2.16. The van der Waals surface area contributed by atoms with Crippen molar-refractivity contribution in [3.05, 3.63) is 36.2 Å². The number of carbonyl (C=O) groups excluding carboxylic acids is 1. The third kappa shape index (κ3) is 8.19. The first-order valence-corrected chi connectivity index (χ1v) is 15.5. The van der Waals surface area contributed by atoms with E-state index >= 15 is 0 Å². The first kappa shape index (κ1) is 27.9. The zero-order valence-corrected chi connectivity index (χ0v) is 23.5. The van der Waals surface area contributed by atoms with Gasteiger partial charge in [-0.1, -0.05) is 24.8 Å². The molecule has 3 heterocycles. The van der Waals surface area contributed by atoms with Gasteiger partial charge < -0.3 is 34.2 Å². The predicted octanol–water partition coefficient (Wildman–Crippen LogP) is 3.36. The van der Waals surface area contributed by atoms with Crippen LogP contribution in [-0.2, 0) is 11.2 Å². The van der Waals surface area contributed by atoms with Gasteiger partial charge in [0.15, 0.2) is 5.69 Å². The van der Waals surface area contributed by atoms with Crippen molar-refractivity contribution in [2.75, 3.05) is 52.0 Å². The summed E-state index contributed by atoms with van der Waals surface area (Å²) < 4.78 is 22.3. The summed E-state index contributed by atoms with van der Waals surface area (Å²) in [6, 6.07) is 7.28. The Bertz CT molecular complexity index is 1170. The number of pyridine rings is 1. The number of ether oxygens (including phenoxy) is 3. The average Bonchev–Trinajstić information content (AvgIpc) is 3.28. The standard InChI is InChI=1S/C25H36N6O5Si/c1-31(2)14-8-12-27-25-29-23(33-3)22(24(30-25)34-4)28-19(32)15-17-9-10-21(35-17)36-20-16-18(11-13-26-20)37(5,6)7/h9-11,13,16H,8,12,14-15H2,1-7H3,(H,28,32)(H,27,29,30). The summed E-state index contributed by atoms with van der Waals surface area (Å²) in [5.41, 5.74) is 0.240. The molecule has 0 saturated carbocycles. The molecule has 1 amide bonds. The molecule has 0 radical (unpaired) electrons. The van der Waals surface area contributed by atoms with Crippen LogP contribution in [0.4, 0.5) is 11.6 Å². The van der Waals surface area contributed by atoms with Crippen LogP contribution < -0.4 is 30.0 Å². The molecule has 3 aromatic heterocycles. The number of carbonyl (C=O) groups is 1. The lowest BCUT2D eigenvalue weighted by atomic mass is 10.3. The molecule has 0 atom stereocenters. The van der Waals surface area contributed by atoms with Crippen LogP contribution in [0.3, 0.4) is 0 Å². The topological polar surface area (TPSA) is 124 Å². The summed E-state index contributed by atoms with van der Waals surface area (Å²) in [7, 11) is 5.46. The van der Waals surface area contributed by atoms with E-state index in [-0.39, 0.29) is 35.7 Å². The molecule has 2 N–H and O–H groups in total. The van der Waals surface area contributed by atoms with Crippen LogP contribution in [0.25, 0.3) is 0 Å². The molecule has 0 spiro atoms. The molecule has 3 aromatic rings. The zero-order valence-electron chi connectivity index (χ0n) is 22.5. The summed E-state index contributed by atoms with van der Waals surface area (Å²) in [6.07, 6.45) is 2.60. The molecule has 0 aromatic carbocycles. The van der Waals surface area contributed by atoms with Crippen LogP contribution >= 0.6 is 0 Å².